The van der Waals surface area contributed by atoms with E-state index in [1.165, 1.54) is 25.8 Å². The molecule has 4 bridgehead atoms. The Balaban J connectivity index is 1.50. The van der Waals surface area contributed by atoms with Crippen LogP contribution < -0.4 is 5.32 Å². The van der Waals surface area contributed by atoms with Crippen molar-refractivity contribution >= 4 is 0 Å². The topological polar surface area (TPSA) is 24.5 Å². The molecule has 0 radical (unpaired) electrons. The molecule has 0 amide bonds. The first-order valence-electron chi connectivity index (χ1n) is 9.17. The van der Waals surface area contributed by atoms with Crippen molar-refractivity contribution < 1.29 is 4.74 Å². The predicted molar refractivity (Wildman–Crippen MR) is 85.3 cm³/mol. The van der Waals surface area contributed by atoms with E-state index in [0.29, 0.717) is 17.5 Å². The molecule has 1 heterocycles. The van der Waals surface area contributed by atoms with Gasteiger partial charge in [-0.3, -0.25) is 4.90 Å². The molecule has 4 saturated carbocycles. The van der Waals surface area contributed by atoms with Gasteiger partial charge in [0.15, 0.2) is 0 Å². The first kappa shape index (κ1) is 14.5. The maximum absolute atomic E-state index is 5.61. The van der Waals surface area contributed by atoms with Gasteiger partial charge in [-0.2, -0.15) is 0 Å². The van der Waals surface area contributed by atoms with E-state index >= 15 is 0 Å². The summed E-state index contributed by atoms with van der Waals surface area (Å²) >= 11 is 0. The molecule has 120 valence electrons. The van der Waals surface area contributed by atoms with Crippen LogP contribution in [-0.4, -0.2) is 50.3 Å². The van der Waals surface area contributed by atoms with Crippen LogP contribution in [0.3, 0.4) is 0 Å². The van der Waals surface area contributed by atoms with Crippen molar-refractivity contribution in [3.8, 4) is 0 Å². The zero-order valence-corrected chi connectivity index (χ0v) is 13.8. The van der Waals surface area contributed by atoms with Crippen molar-refractivity contribution in [3.63, 3.8) is 0 Å². The summed E-state index contributed by atoms with van der Waals surface area (Å²) in [7, 11) is 2.20. The highest BCUT2D eigenvalue weighted by atomic mass is 16.5. The number of morpholine rings is 1. The second-order valence-corrected chi connectivity index (χ2v) is 8.54. The van der Waals surface area contributed by atoms with Crippen molar-refractivity contribution in [2.45, 2.75) is 57.5 Å². The van der Waals surface area contributed by atoms with Crippen molar-refractivity contribution in [1.29, 1.82) is 0 Å². The molecule has 0 aromatic carbocycles. The third kappa shape index (κ3) is 2.55. The number of hydrogen-bond acceptors (Lipinski definition) is 3. The average Bonchev–Trinajstić information content (AvgIpc) is 2.44. The van der Waals surface area contributed by atoms with Crippen LogP contribution in [0.5, 0.6) is 0 Å². The molecule has 2 atom stereocenters. The first-order valence-corrected chi connectivity index (χ1v) is 9.17. The monoisotopic (exact) mass is 292 g/mol. The van der Waals surface area contributed by atoms with Crippen LogP contribution in [0.1, 0.15) is 45.4 Å². The molecule has 0 aromatic heterocycles. The van der Waals surface area contributed by atoms with Crippen LogP contribution in [0.2, 0.25) is 0 Å². The van der Waals surface area contributed by atoms with E-state index in [1.54, 1.807) is 19.3 Å². The van der Waals surface area contributed by atoms with Gasteiger partial charge in [-0.1, -0.05) is 0 Å². The van der Waals surface area contributed by atoms with Gasteiger partial charge in [0.2, 0.25) is 0 Å². The van der Waals surface area contributed by atoms with Crippen molar-refractivity contribution in [3.05, 3.63) is 0 Å². The lowest BCUT2D eigenvalue weighted by molar-refractivity contribution is -0.0861. The lowest BCUT2D eigenvalue weighted by Crippen LogP contribution is -2.60. The summed E-state index contributed by atoms with van der Waals surface area (Å²) in [5.74, 6) is 3.15. The predicted octanol–water partition coefficient (Wildman–Crippen LogP) is 2.51. The molecule has 1 N–H and O–H groups in total. The third-order valence-electron chi connectivity index (χ3n) is 7.10. The minimum Gasteiger partial charge on any atom is -0.379 e. The summed E-state index contributed by atoms with van der Waals surface area (Å²) in [6.45, 7) is 6.50. The number of nitrogens with zero attached hydrogens (tertiary/aromatic N) is 1. The third-order valence-corrected chi connectivity index (χ3v) is 7.10. The molecule has 5 aliphatic rings. The number of nitrogens with one attached hydrogen (secondary N) is 1. The summed E-state index contributed by atoms with van der Waals surface area (Å²) in [5, 5.41) is 3.74. The van der Waals surface area contributed by atoms with Gasteiger partial charge in [0.1, 0.15) is 0 Å². The Morgan fingerprint density at radius 2 is 1.76 bits per heavy atom. The zero-order chi connectivity index (χ0) is 14.4. The summed E-state index contributed by atoms with van der Waals surface area (Å²) in [6, 6.07) is 1.27. The van der Waals surface area contributed by atoms with E-state index in [-0.39, 0.29) is 0 Å². The van der Waals surface area contributed by atoms with Gasteiger partial charge in [-0.15, -0.1) is 0 Å². The van der Waals surface area contributed by atoms with Gasteiger partial charge in [-0.05, 0) is 75.7 Å². The molecule has 0 aromatic rings. The molecule has 5 fully saturated rings. The zero-order valence-electron chi connectivity index (χ0n) is 13.8. The van der Waals surface area contributed by atoms with Crippen molar-refractivity contribution in [2.24, 2.45) is 23.2 Å². The largest absolute Gasteiger partial charge is 0.379 e. The number of likely N-dealkylation sites (N-methyl/N-ethyl adjacent to an activating group) is 1. The molecule has 21 heavy (non-hydrogen) atoms. The van der Waals surface area contributed by atoms with Crippen LogP contribution in [0.25, 0.3) is 0 Å². The van der Waals surface area contributed by atoms with Gasteiger partial charge in [0.05, 0.1) is 13.2 Å². The molecular formula is C18H32N2O. The fraction of sp³-hybridized carbons (Fsp3) is 1.00. The Morgan fingerprint density at radius 1 is 1.14 bits per heavy atom. The quantitative estimate of drug-likeness (QED) is 0.861. The van der Waals surface area contributed by atoms with Crippen LogP contribution in [0.15, 0.2) is 0 Å². The molecule has 0 spiro atoms. The van der Waals surface area contributed by atoms with E-state index in [0.717, 1.165) is 37.5 Å². The van der Waals surface area contributed by atoms with Crippen LogP contribution in [-0.2, 0) is 4.74 Å². The fourth-order valence-electron chi connectivity index (χ4n) is 6.46. The molecular weight excluding hydrogens is 260 g/mol. The van der Waals surface area contributed by atoms with Crippen molar-refractivity contribution in [2.75, 3.05) is 33.4 Å². The van der Waals surface area contributed by atoms with E-state index in [4.69, 9.17) is 4.74 Å². The summed E-state index contributed by atoms with van der Waals surface area (Å²) < 4.78 is 5.61. The van der Waals surface area contributed by atoms with E-state index in [9.17, 15) is 0 Å². The van der Waals surface area contributed by atoms with E-state index < -0.39 is 0 Å². The maximum atomic E-state index is 5.61. The summed E-state index contributed by atoms with van der Waals surface area (Å²) in [4.78, 5) is 2.67. The maximum Gasteiger partial charge on any atom is 0.0619 e. The molecule has 4 aliphatic carbocycles. The summed E-state index contributed by atoms with van der Waals surface area (Å²) in [5.41, 5.74) is 0.613. The van der Waals surface area contributed by atoms with E-state index in [2.05, 4.69) is 24.2 Å². The highest BCUT2D eigenvalue weighted by molar-refractivity contribution is 5.06. The fourth-order valence-corrected chi connectivity index (χ4v) is 6.46. The van der Waals surface area contributed by atoms with Crippen LogP contribution in [0, 0.1) is 23.2 Å². The number of rotatable bonds is 4. The molecule has 2 unspecified atom stereocenters. The number of hydrogen-bond donors (Lipinski definition) is 1. The lowest BCUT2D eigenvalue weighted by atomic mass is 9.47. The highest BCUT2D eigenvalue weighted by Crippen LogP contribution is 2.61. The van der Waals surface area contributed by atoms with Gasteiger partial charge in [0, 0.05) is 25.2 Å². The van der Waals surface area contributed by atoms with Gasteiger partial charge in [-0.25, -0.2) is 0 Å². The standard InChI is InChI=1S/C18H32N2O/c1-13-12-21-4-3-20(13)11-17(19-2)18-8-14-5-15(9-18)7-16(6-14)10-18/h13-17,19H,3-12H2,1-2H3. The molecule has 3 nitrogen and oxygen atoms in total. The van der Waals surface area contributed by atoms with Crippen molar-refractivity contribution in [1.82, 2.24) is 10.2 Å². The molecule has 5 rings (SSSR count). The Bertz CT molecular complexity index is 348. The van der Waals surface area contributed by atoms with Crippen LogP contribution >= 0.6 is 0 Å². The lowest BCUT2D eigenvalue weighted by Gasteiger charge is -2.60. The molecule has 1 aliphatic heterocycles. The summed E-state index contributed by atoms with van der Waals surface area (Å²) in [6.07, 6.45) is 9.15. The van der Waals surface area contributed by atoms with Gasteiger partial charge >= 0.3 is 0 Å². The minimum absolute atomic E-state index is 0.587. The Morgan fingerprint density at radius 3 is 2.29 bits per heavy atom. The minimum atomic E-state index is 0.587. The highest BCUT2D eigenvalue weighted by Gasteiger charge is 2.54. The SMILES string of the molecule is CNC(CN1CCOCC1C)C12CC3CC(CC(C3)C1)C2. The first-order chi connectivity index (χ1) is 10.2. The van der Waals surface area contributed by atoms with E-state index in [1.807, 2.05) is 0 Å². The van der Waals surface area contributed by atoms with Gasteiger partial charge in [0.25, 0.3) is 0 Å². The van der Waals surface area contributed by atoms with Gasteiger partial charge < -0.3 is 10.1 Å². The smallest absolute Gasteiger partial charge is 0.0619 e. The second kappa shape index (κ2) is 5.50. The Kier molecular flexibility index (Phi) is 3.79. The molecule has 3 heteroatoms. The second-order valence-electron chi connectivity index (χ2n) is 8.54. The normalized spacial score (nSPS) is 47.7. The Labute approximate surface area is 129 Å². The Hall–Kier alpha value is -0.120. The number of ether oxygens (including phenoxy) is 1. The average molecular weight is 292 g/mol. The molecule has 1 saturated heterocycles. The van der Waals surface area contributed by atoms with Crippen LogP contribution in [0.4, 0.5) is 0 Å².